The first-order valence-corrected chi connectivity index (χ1v) is 5.55. The van der Waals surface area contributed by atoms with E-state index in [1.54, 1.807) is 12.1 Å². The fraction of sp³-hybridized carbons (Fsp3) is 0.417. The number of nitro benzene ring substituents is 1. The molecule has 0 bridgehead atoms. The molecule has 1 N–H and O–H groups in total. The Labute approximate surface area is 100 Å². The summed E-state index contributed by atoms with van der Waals surface area (Å²) in [5.74, 6) is 0. The summed E-state index contributed by atoms with van der Waals surface area (Å²) in [4.78, 5) is 10.2. The van der Waals surface area contributed by atoms with Crippen LogP contribution in [0, 0.1) is 21.4 Å². The van der Waals surface area contributed by atoms with Gasteiger partial charge in [0.15, 0.2) is 0 Å². The second-order valence-electron chi connectivity index (χ2n) is 3.72. The molecule has 5 nitrogen and oxygen atoms in total. The van der Waals surface area contributed by atoms with Crippen LogP contribution in [-0.2, 0) is 6.54 Å². The van der Waals surface area contributed by atoms with Crippen LogP contribution in [0.4, 0.5) is 5.69 Å². The quantitative estimate of drug-likeness (QED) is 0.445. The number of unbranched alkanes of at least 4 members (excludes halogenated alkanes) is 2. The molecule has 0 aliphatic rings. The highest BCUT2D eigenvalue weighted by atomic mass is 16.6. The number of nitro groups is 1. The second kappa shape index (κ2) is 7.36. The molecule has 0 radical (unpaired) electrons. The Morgan fingerprint density at radius 2 is 2.24 bits per heavy atom. The Balaban J connectivity index is 2.30. The molecule has 0 aliphatic heterocycles. The first-order chi connectivity index (χ1) is 8.24. The van der Waals surface area contributed by atoms with Crippen molar-refractivity contribution in [2.24, 2.45) is 0 Å². The third kappa shape index (κ3) is 5.09. The van der Waals surface area contributed by atoms with Gasteiger partial charge in [-0.25, -0.2) is 0 Å². The molecule has 1 aromatic rings. The fourth-order valence-electron chi connectivity index (χ4n) is 1.47. The van der Waals surface area contributed by atoms with Crippen molar-refractivity contribution in [3.8, 4) is 6.07 Å². The van der Waals surface area contributed by atoms with E-state index in [1.165, 1.54) is 6.07 Å². The molecular formula is C12H15N3O2. The van der Waals surface area contributed by atoms with Gasteiger partial charge in [-0.05, 0) is 24.9 Å². The van der Waals surface area contributed by atoms with Crippen LogP contribution in [0.1, 0.15) is 24.8 Å². The zero-order chi connectivity index (χ0) is 12.5. The number of nitrogens with one attached hydrogen (secondary N) is 1. The molecule has 0 heterocycles. The van der Waals surface area contributed by atoms with E-state index in [0.29, 0.717) is 13.0 Å². The van der Waals surface area contributed by atoms with Crippen molar-refractivity contribution in [2.45, 2.75) is 25.8 Å². The van der Waals surface area contributed by atoms with Crippen molar-refractivity contribution < 1.29 is 4.92 Å². The predicted octanol–water partition coefficient (Wildman–Crippen LogP) is 2.38. The summed E-state index contributed by atoms with van der Waals surface area (Å²) in [6, 6.07) is 8.69. The summed E-state index contributed by atoms with van der Waals surface area (Å²) in [7, 11) is 0. The number of hydrogen-bond acceptors (Lipinski definition) is 4. The van der Waals surface area contributed by atoms with Crippen molar-refractivity contribution in [2.75, 3.05) is 6.54 Å². The third-order valence-electron chi connectivity index (χ3n) is 2.34. The molecule has 0 saturated heterocycles. The average Bonchev–Trinajstić information content (AvgIpc) is 2.34. The van der Waals surface area contributed by atoms with E-state index in [9.17, 15) is 10.1 Å². The van der Waals surface area contributed by atoms with E-state index in [2.05, 4.69) is 11.4 Å². The molecule has 5 heteroatoms. The highest BCUT2D eigenvalue weighted by molar-refractivity contribution is 5.34. The van der Waals surface area contributed by atoms with Gasteiger partial charge in [-0.15, -0.1) is 0 Å². The first kappa shape index (κ1) is 13.1. The Kier molecular flexibility index (Phi) is 5.69. The summed E-state index contributed by atoms with van der Waals surface area (Å²) >= 11 is 0. The van der Waals surface area contributed by atoms with Gasteiger partial charge in [0.25, 0.3) is 5.69 Å². The molecule has 0 unspecified atom stereocenters. The minimum absolute atomic E-state index is 0.119. The Hall–Kier alpha value is -1.93. The summed E-state index contributed by atoms with van der Waals surface area (Å²) in [5, 5.41) is 22.1. The van der Waals surface area contributed by atoms with Gasteiger partial charge >= 0.3 is 0 Å². The van der Waals surface area contributed by atoms with Crippen LogP contribution in [0.15, 0.2) is 24.3 Å². The molecule has 1 aromatic carbocycles. The molecule has 90 valence electrons. The van der Waals surface area contributed by atoms with Crippen molar-refractivity contribution in [1.29, 1.82) is 5.26 Å². The van der Waals surface area contributed by atoms with Gasteiger partial charge in [0.2, 0.25) is 0 Å². The Morgan fingerprint density at radius 1 is 1.41 bits per heavy atom. The molecule has 0 aliphatic carbocycles. The molecule has 0 atom stereocenters. The van der Waals surface area contributed by atoms with Gasteiger partial charge in [-0.2, -0.15) is 5.26 Å². The lowest BCUT2D eigenvalue weighted by Crippen LogP contribution is -2.14. The van der Waals surface area contributed by atoms with Crippen LogP contribution in [0.2, 0.25) is 0 Å². The minimum Gasteiger partial charge on any atom is -0.313 e. The maximum absolute atomic E-state index is 10.6. The van der Waals surface area contributed by atoms with Crippen molar-refractivity contribution in [3.05, 3.63) is 39.9 Å². The molecule has 0 spiro atoms. The predicted molar refractivity (Wildman–Crippen MR) is 64.3 cm³/mol. The highest BCUT2D eigenvalue weighted by Gasteiger charge is 2.04. The first-order valence-electron chi connectivity index (χ1n) is 5.55. The van der Waals surface area contributed by atoms with Crippen LogP contribution < -0.4 is 5.32 Å². The van der Waals surface area contributed by atoms with E-state index in [4.69, 9.17) is 5.26 Å². The van der Waals surface area contributed by atoms with Gasteiger partial charge in [0, 0.05) is 25.1 Å². The lowest BCUT2D eigenvalue weighted by molar-refractivity contribution is -0.384. The summed E-state index contributed by atoms with van der Waals surface area (Å²) in [6.45, 7) is 1.44. The van der Waals surface area contributed by atoms with Gasteiger partial charge in [0.1, 0.15) is 0 Å². The van der Waals surface area contributed by atoms with E-state index in [0.717, 1.165) is 24.9 Å². The normalized spacial score (nSPS) is 9.82. The lowest BCUT2D eigenvalue weighted by Gasteiger charge is -2.03. The van der Waals surface area contributed by atoms with Gasteiger partial charge < -0.3 is 5.32 Å². The van der Waals surface area contributed by atoms with Crippen LogP contribution in [0.5, 0.6) is 0 Å². The Morgan fingerprint density at radius 3 is 2.94 bits per heavy atom. The second-order valence-corrected chi connectivity index (χ2v) is 3.72. The molecule has 0 amide bonds. The zero-order valence-corrected chi connectivity index (χ0v) is 9.56. The molecule has 0 aromatic heterocycles. The van der Waals surface area contributed by atoms with Gasteiger partial charge in [-0.3, -0.25) is 10.1 Å². The minimum atomic E-state index is -0.392. The number of non-ortho nitro benzene ring substituents is 1. The van der Waals surface area contributed by atoms with Crippen LogP contribution in [-0.4, -0.2) is 11.5 Å². The van der Waals surface area contributed by atoms with Crippen LogP contribution >= 0.6 is 0 Å². The number of hydrogen-bond donors (Lipinski definition) is 1. The van der Waals surface area contributed by atoms with Crippen molar-refractivity contribution >= 4 is 5.69 Å². The van der Waals surface area contributed by atoms with Crippen molar-refractivity contribution in [3.63, 3.8) is 0 Å². The number of benzene rings is 1. The van der Waals surface area contributed by atoms with E-state index in [1.807, 2.05) is 6.07 Å². The zero-order valence-electron chi connectivity index (χ0n) is 9.56. The summed E-state index contributed by atoms with van der Waals surface area (Å²) in [5.41, 5.74) is 1.02. The molecule has 1 rings (SSSR count). The molecule has 0 fully saturated rings. The number of nitrogens with zero attached hydrogens (tertiary/aromatic N) is 2. The SMILES string of the molecule is N#CCCCCNCc1cccc([N+](=O)[O-])c1. The summed E-state index contributed by atoms with van der Waals surface area (Å²) < 4.78 is 0. The molecule has 17 heavy (non-hydrogen) atoms. The maximum atomic E-state index is 10.6. The number of rotatable bonds is 7. The monoisotopic (exact) mass is 233 g/mol. The van der Waals surface area contributed by atoms with Gasteiger partial charge in [0.05, 0.1) is 11.0 Å². The fourth-order valence-corrected chi connectivity index (χ4v) is 1.47. The number of nitriles is 1. The van der Waals surface area contributed by atoms with Crippen LogP contribution in [0.3, 0.4) is 0 Å². The van der Waals surface area contributed by atoms with E-state index in [-0.39, 0.29) is 5.69 Å². The smallest absolute Gasteiger partial charge is 0.269 e. The largest absolute Gasteiger partial charge is 0.313 e. The van der Waals surface area contributed by atoms with E-state index < -0.39 is 4.92 Å². The topological polar surface area (TPSA) is 79.0 Å². The standard InChI is InChI=1S/C12H15N3O2/c13-7-2-1-3-8-14-10-11-5-4-6-12(9-11)15(16)17/h4-6,9,14H,1-3,8,10H2. The van der Waals surface area contributed by atoms with E-state index >= 15 is 0 Å². The molecule has 0 saturated carbocycles. The average molecular weight is 233 g/mol. The maximum Gasteiger partial charge on any atom is 0.269 e. The van der Waals surface area contributed by atoms with Crippen LogP contribution in [0.25, 0.3) is 0 Å². The van der Waals surface area contributed by atoms with Crippen molar-refractivity contribution in [1.82, 2.24) is 5.32 Å². The molecular weight excluding hydrogens is 218 g/mol. The summed E-state index contributed by atoms with van der Waals surface area (Å²) in [6.07, 6.45) is 2.42. The Bertz CT molecular complexity index is 412. The third-order valence-corrected chi connectivity index (χ3v) is 2.34. The van der Waals surface area contributed by atoms with Gasteiger partial charge in [-0.1, -0.05) is 12.1 Å². The lowest BCUT2D eigenvalue weighted by atomic mass is 10.2. The highest BCUT2D eigenvalue weighted by Crippen LogP contribution is 2.12.